The normalized spacial score (nSPS) is 20.9. The zero-order chi connectivity index (χ0) is 19.2. The van der Waals surface area contributed by atoms with Gasteiger partial charge < -0.3 is 5.32 Å². The van der Waals surface area contributed by atoms with E-state index in [1.54, 1.807) is 6.07 Å². The summed E-state index contributed by atoms with van der Waals surface area (Å²) in [5.74, 6) is -1.76. The highest BCUT2D eigenvalue weighted by Gasteiger charge is 2.27. The number of carbonyl (C=O) groups excluding carboxylic acids is 1. The van der Waals surface area contributed by atoms with E-state index in [2.05, 4.69) is 15.2 Å². The number of halogens is 4. The van der Waals surface area contributed by atoms with E-state index < -0.39 is 11.7 Å². The minimum Gasteiger partial charge on any atom is -0.365 e. The molecule has 0 spiro atoms. The predicted molar refractivity (Wildman–Crippen MR) is 118 cm³/mol. The molecule has 1 saturated carbocycles. The van der Waals surface area contributed by atoms with Crippen molar-refractivity contribution < 1.29 is 14.4 Å². The van der Waals surface area contributed by atoms with Gasteiger partial charge in [0.15, 0.2) is 5.83 Å². The average molecular weight is 470 g/mol. The monoisotopic (exact) mass is 468 g/mol. The van der Waals surface area contributed by atoms with Crippen molar-refractivity contribution in [3.8, 4) is 0 Å². The van der Waals surface area contributed by atoms with Gasteiger partial charge in [-0.3, -0.25) is 14.9 Å². The number of carbonyl (C=O) groups is 1. The molecule has 3 N–H and O–H groups in total. The van der Waals surface area contributed by atoms with Crippen LogP contribution in [0.3, 0.4) is 0 Å². The molecule has 1 saturated heterocycles. The number of amides is 1. The van der Waals surface area contributed by atoms with Crippen molar-refractivity contribution in [2.45, 2.75) is 57.0 Å². The second-order valence-corrected chi connectivity index (χ2v) is 7.71. The van der Waals surface area contributed by atoms with Gasteiger partial charge in [-0.05, 0) is 49.9 Å². The molecular formula is C19H28Cl3FN4O2. The van der Waals surface area contributed by atoms with Crippen LogP contribution in [0.5, 0.6) is 0 Å². The van der Waals surface area contributed by atoms with Crippen molar-refractivity contribution in [1.29, 1.82) is 0 Å². The highest BCUT2D eigenvalue weighted by molar-refractivity contribution is 6.33. The summed E-state index contributed by atoms with van der Waals surface area (Å²) in [5, 5.41) is 12.2. The van der Waals surface area contributed by atoms with E-state index in [9.17, 15) is 9.18 Å². The van der Waals surface area contributed by atoms with Gasteiger partial charge in [0.05, 0.1) is 5.02 Å². The average Bonchev–Trinajstić information content (AvgIpc) is 2.70. The summed E-state index contributed by atoms with van der Waals surface area (Å²) in [6.45, 7) is 2.13. The Bertz CT molecular complexity index is 702. The summed E-state index contributed by atoms with van der Waals surface area (Å²) in [7, 11) is 0. The largest absolute Gasteiger partial charge is 0.365 e. The second-order valence-electron chi connectivity index (χ2n) is 7.30. The maximum absolute atomic E-state index is 13.5. The number of piperidine rings is 1. The summed E-state index contributed by atoms with van der Waals surface area (Å²) in [6.07, 6.45) is 11.2. The zero-order valence-electron chi connectivity index (χ0n) is 16.1. The van der Waals surface area contributed by atoms with E-state index in [0.717, 1.165) is 32.0 Å². The molecule has 3 rings (SSSR count). The maximum atomic E-state index is 13.5. The SMILES string of the molecule is Cl.Cl.O=C(NO)/C(F)=C\c1cnc(N[C@@H]2CCCN(C3CCCCC3)C2)c(Cl)c1. The molecule has 1 aliphatic heterocycles. The van der Waals surface area contributed by atoms with E-state index in [0.29, 0.717) is 22.4 Å². The summed E-state index contributed by atoms with van der Waals surface area (Å²) in [4.78, 5) is 17.9. The lowest BCUT2D eigenvalue weighted by molar-refractivity contribution is -0.126. The molecule has 2 fully saturated rings. The number of aromatic nitrogens is 1. The minimum atomic E-state index is -1.21. The Morgan fingerprint density at radius 3 is 2.62 bits per heavy atom. The maximum Gasteiger partial charge on any atom is 0.303 e. The van der Waals surface area contributed by atoms with Gasteiger partial charge in [-0.1, -0.05) is 30.9 Å². The number of rotatable bonds is 5. The Hall–Kier alpha value is -1.12. The van der Waals surface area contributed by atoms with Crippen LogP contribution < -0.4 is 10.8 Å². The summed E-state index contributed by atoms with van der Waals surface area (Å²) < 4.78 is 13.5. The minimum absolute atomic E-state index is 0. The molecule has 164 valence electrons. The molecule has 0 unspecified atom stereocenters. The van der Waals surface area contributed by atoms with E-state index in [-0.39, 0.29) is 30.9 Å². The Morgan fingerprint density at radius 2 is 1.97 bits per heavy atom. The van der Waals surface area contributed by atoms with Crippen LogP contribution in [0.2, 0.25) is 5.02 Å². The Balaban J connectivity index is 0.00000210. The summed E-state index contributed by atoms with van der Waals surface area (Å²) in [5.41, 5.74) is 1.59. The molecule has 6 nitrogen and oxygen atoms in total. The summed E-state index contributed by atoms with van der Waals surface area (Å²) >= 11 is 6.29. The smallest absolute Gasteiger partial charge is 0.303 e. The van der Waals surface area contributed by atoms with Gasteiger partial charge in [-0.25, -0.2) is 14.9 Å². The van der Waals surface area contributed by atoms with Gasteiger partial charge >= 0.3 is 5.91 Å². The van der Waals surface area contributed by atoms with Crippen molar-refractivity contribution in [2.75, 3.05) is 18.4 Å². The topological polar surface area (TPSA) is 77.5 Å². The fraction of sp³-hybridized carbons (Fsp3) is 0.579. The molecule has 1 aliphatic carbocycles. The van der Waals surface area contributed by atoms with Crippen molar-refractivity contribution in [3.05, 3.63) is 28.7 Å². The van der Waals surface area contributed by atoms with Gasteiger partial charge in [-0.15, -0.1) is 24.8 Å². The van der Waals surface area contributed by atoms with E-state index >= 15 is 0 Å². The molecule has 1 aromatic rings. The molecule has 1 atom stereocenters. The Kier molecular flexibility index (Phi) is 11.2. The first-order valence-corrected chi connectivity index (χ1v) is 9.92. The number of pyridine rings is 1. The highest BCUT2D eigenvalue weighted by atomic mass is 35.5. The third-order valence-electron chi connectivity index (χ3n) is 5.36. The number of anilines is 1. The van der Waals surface area contributed by atoms with Crippen LogP contribution in [0.1, 0.15) is 50.5 Å². The van der Waals surface area contributed by atoms with Crippen LogP contribution >= 0.6 is 36.4 Å². The van der Waals surface area contributed by atoms with Crippen LogP contribution in [0.15, 0.2) is 18.1 Å². The quantitative estimate of drug-likeness (QED) is 0.334. The van der Waals surface area contributed by atoms with Gasteiger partial charge in [0.2, 0.25) is 0 Å². The van der Waals surface area contributed by atoms with Crippen LogP contribution in [0.25, 0.3) is 6.08 Å². The Morgan fingerprint density at radius 1 is 1.24 bits per heavy atom. The van der Waals surface area contributed by atoms with Gasteiger partial charge in [-0.2, -0.15) is 0 Å². The molecule has 2 aliphatic rings. The highest BCUT2D eigenvalue weighted by Crippen LogP contribution is 2.28. The third kappa shape index (κ3) is 7.26. The number of hydrogen-bond donors (Lipinski definition) is 3. The molecular weight excluding hydrogens is 442 g/mol. The first-order chi connectivity index (χ1) is 13.1. The molecule has 2 heterocycles. The Labute approximate surface area is 188 Å². The predicted octanol–water partition coefficient (Wildman–Crippen LogP) is 4.60. The lowest BCUT2D eigenvalue weighted by Gasteiger charge is -2.40. The number of nitrogens with one attached hydrogen (secondary N) is 2. The van der Waals surface area contributed by atoms with Crippen LogP contribution in [0.4, 0.5) is 10.2 Å². The van der Waals surface area contributed by atoms with Crippen molar-refractivity contribution >= 4 is 54.2 Å². The number of nitrogens with zero attached hydrogens (tertiary/aromatic N) is 2. The standard InChI is InChI=1S/C19H26ClFN4O2.2ClH/c20-16-9-13(10-17(21)19(26)24-27)11-22-18(16)23-14-5-4-8-25(12-14)15-6-2-1-3-7-15;;/h9-11,14-15,27H,1-8,12H2,(H,22,23)(H,24,26);2*1H/b17-10+;;/t14-;;/m1../s1. The zero-order valence-corrected chi connectivity index (χ0v) is 18.5. The van der Waals surface area contributed by atoms with E-state index in [1.807, 2.05) is 0 Å². The summed E-state index contributed by atoms with van der Waals surface area (Å²) in [6, 6.07) is 2.52. The number of hydrogen-bond acceptors (Lipinski definition) is 5. The molecule has 0 aromatic carbocycles. The van der Waals surface area contributed by atoms with Gasteiger partial charge in [0.1, 0.15) is 5.82 Å². The molecule has 1 amide bonds. The third-order valence-corrected chi connectivity index (χ3v) is 5.65. The fourth-order valence-corrected chi connectivity index (χ4v) is 4.23. The van der Waals surface area contributed by atoms with Gasteiger partial charge in [0, 0.05) is 24.8 Å². The lowest BCUT2D eigenvalue weighted by atomic mass is 9.92. The van der Waals surface area contributed by atoms with E-state index in [1.165, 1.54) is 43.8 Å². The first-order valence-electron chi connectivity index (χ1n) is 9.54. The van der Waals surface area contributed by atoms with E-state index in [4.69, 9.17) is 16.8 Å². The number of likely N-dealkylation sites (tertiary alicyclic amines) is 1. The molecule has 1 aromatic heterocycles. The van der Waals surface area contributed by atoms with Crippen LogP contribution in [-0.4, -0.2) is 46.2 Å². The van der Waals surface area contributed by atoms with Crippen molar-refractivity contribution in [1.82, 2.24) is 15.4 Å². The van der Waals surface area contributed by atoms with Crippen molar-refractivity contribution in [2.24, 2.45) is 0 Å². The second kappa shape index (κ2) is 12.5. The van der Waals surface area contributed by atoms with Crippen molar-refractivity contribution in [3.63, 3.8) is 0 Å². The van der Waals surface area contributed by atoms with Gasteiger partial charge in [0.25, 0.3) is 0 Å². The fourth-order valence-electron chi connectivity index (χ4n) is 4.00. The van der Waals surface area contributed by atoms with Crippen LogP contribution in [-0.2, 0) is 4.79 Å². The van der Waals surface area contributed by atoms with Crippen LogP contribution in [0, 0.1) is 0 Å². The lowest BCUT2D eigenvalue weighted by Crippen LogP contribution is -2.47. The first kappa shape index (κ1) is 25.9. The molecule has 0 radical (unpaired) electrons. The number of hydroxylamine groups is 1. The molecule has 29 heavy (non-hydrogen) atoms. The molecule has 0 bridgehead atoms. The molecule has 10 heteroatoms.